The van der Waals surface area contributed by atoms with Gasteiger partial charge in [-0.3, -0.25) is 0 Å². The Hall–Kier alpha value is -0.810. The van der Waals surface area contributed by atoms with Gasteiger partial charge >= 0.3 is 0 Å². The van der Waals surface area contributed by atoms with E-state index >= 15 is 0 Å². The van der Waals surface area contributed by atoms with E-state index in [9.17, 15) is 0 Å². The van der Waals surface area contributed by atoms with Gasteiger partial charge in [0.2, 0.25) is 5.88 Å². The second-order valence-corrected chi connectivity index (χ2v) is 4.77. The minimum atomic E-state index is 0.288. The number of ether oxygens (including phenoxy) is 2. The number of aromatic nitrogens is 1. The maximum atomic E-state index is 5.08. The lowest BCUT2D eigenvalue weighted by Crippen LogP contribution is -2.28. The monoisotopic (exact) mass is 288 g/mol. The molecule has 4 nitrogen and oxygen atoms in total. The van der Waals surface area contributed by atoms with Gasteiger partial charge in [-0.2, -0.15) is 4.98 Å². The van der Waals surface area contributed by atoms with Crippen molar-refractivity contribution in [2.45, 2.75) is 4.83 Å². The first-order valence-corrected chi connectivity index (χ1v) is 5.94. The van der Waals surface area contributed by atoms with Crippen LogP contribution in [0.1, 0.15) is 0 Å². The van der Waals surface area contributed by atoms with Crippen LogP contribution in [-0.4, -0.2) is 44.2 Å². The van der Waals surface area contributed by atoms with Gasteiger partial charge in [0.25, 0.3) is 0 Å². The molecule has 0 aliphatic carbocycles. The molecule has 1 rings (SSSR count). The maximum Gasteiger partial charge on any atom is 0.214 e. The predicted molar refractivity (Wildman–Crippen MR) is 68.7 cm³/mol. The number of pyridine rings is 1. The SMILES string of the molecule is COCC(Br)CN(C)c1cccc(OC)n1. The van der Waals surface area contributed by atoms with E-state index in [1.807, 2.05) is 25.2 Å². The average Bonchev–Trinajstić information content (AvgIpc) is 2.29. The van der Waals surface area contributed by atoms with Crippen LogP contribution in [0, 0.1) is 0 Å². The summed E-state index contributed by atoms with van der Waals surface area (Å²) in [5.41, 5.74) is 0. The molecule has 0 aliphatic rings. The van der Waals surface area contributed by atoms with E-state index in [0.29, 0.717) is 12.5 Å². The fourth-order valence-electron chi connectivity index (χ4n) is 1.35. The molecule has 5 heteroatoms. The van der Waals surface area contributed by atoms with Crippen molar-refractivity contribution >= 4 is 21.7 Å². The Balaban J connectivity index is 2.61. The van der Waals surface area contributed by atoms with Gasteiger partial charge in [-0.25, -0.2) is 0 Å². The maximum absolute atomic E-state index is 5.08. The number of anilines is 1. The quantitative estimate of drug-likeness (QED) is 0.750. The number of halogens is 1. The number of nitrogens with zero attached hydrogens (tertiary/aromatic N) is 2. The normalized spacial score (nSPS) is 12.2. The van der Waals surface area contributed by atoms with Crippen molar-refractivity contribution in [3.05, 3.63) is 18.2 Å². The van der Waals surface area contributed by atoms with Crippen molar-refractivity contribution < 1.29 is 9.47 Å². The van der Waals surface area contributed by atoms with Crippen molar-refractivity contribution in [3.63, 3.8) is 0 Å². The van der Waals surface area contributed by atoms with E-state index in [4.69, 9.17) is 9.47 Å². The summed E-state index contributed by atoms with van der Waals surface area (Å²) in [6.45, 7) is 1.50. The molecule has 16 heavy (non-hydrogen) atoms. The molecule has 0 saturated heterocycles. The fourth-order valence-corrected chi connectivity index (χ4v) is 2.05. The Labute approximate surface area is 105 Å². The molecule has 90 valence electrons. The van der Waals surface area contributed by atoms with E-state index < -0.39 is 0 Å². The van der Waals surface area contributed by atoms with Crippen LogP contribution >= 0.6 is 15.9 Å². The van der Waals surface area contributed by atoms with Gasteiger partial charge in [0.15, 0.2) is 0 Å². The largest absolute Gasteiger partial charge is 0.481 e. The first-order chi connectivity index (χ1) is 7.67. The molecule has 0 N–H and O–H groups in total. The third-order valence-corrected chi connectivity index (χ3v) is 2.68. The molecule has 1 aromatic rings. The summed E-state index contributed by atoms with van der Waals surface area (Å²) < 4.78 is 10.1. The predicted octanol–water partition coefficient (Wildman–Crippen LogP) is 1.94. The molecule has 1 heterocycles. The summed E-state index contributed by atoms with van der Waals surface area (Å²) in [6.07, 6.45) is 0. The molecule has 0 spiro atoms. The summed E-state index contributed by atoms with van der Waals surface area (Å²) in [7, 11) is 5.30. The van der Waals surface area contributed by atoms with Crippen LogP contribution < -0.4 is 9.64 Å². The van der Waals surface area contributed by atoms with Crippen molar-refractivity contribution in [2.75, 3.05) is 39.3 Å². The van der Waals surface area contributed by atoms with Crippen molar-refractivity contribution in [1.82, 2.24) is 4.98 Å². The summed E-state index contributed by atoms with van der Waals surface area (Å²) in [4.78, 5) is 6.69. The molecule has 1 aromatic heterocycles. The number of alkyl halides is 1. The third kappa shape index (κ3) is 3.98. The van der Waals surface area contributed by atoms with E-state index in [2.05, 4.69) is 25.8 Å². The molecule has 0 radical (unpaired) electrons. The van der Waals surface area contributed by atoms with Crippen LogP contribution in [0.3, 0.4) is 0 Å². The highest BCUT2D eigenvalue weighted by Gasteiger charge is 2.09. The van der Waals surface area contributed by atoms with Gasteiger partial charge in [-0.15, -0.1) is 0 Å². The topological polar surface area (TPSA) is 34.6 Å². The first kappa shape index (κ1) is 13.3. The first-order valence-electron chi connectivity index (χ1n) is 5.02. The van der Waals surface area contributed by atoms with Gasteiger partial charge in [-0.05, 0) is 6.07 Å². The Morgan fingerprint density at radius 3 is 2.81 bits per heavy atom. The van der Waals surface area contributed by atoms with Gasteiger partial charge in [0.05, 0.1) is 18.5 Å². The number of rotatable bonds is 6. The Morgan fingerprint density at radius 1 is 1.44 bits per heavy atom. The Morgan fingerprint density at radius 2 is 2.19 bits per heavy atom. The molecular weight excluding hydrogens is 272 g/mol. The van der Waals surface area contributed by atoms with Gasteiger partial charge in [0.1, 0.15) is 5.82 Å². The van der Waals surface area contributed by atoms with E-state index in [1.165, 1.54) is 0 Å². The minimum absolute atomic E-state index is 0.288. The molecule has 1 unspecified atom stereocenters. The fraction of sp³-hybridized carbons (Fsp3) is 0.545. The molecule has 0 amide bonds. The van der Waals surface area contributed by atoms with Gasteiger partial charge < -0.3 is 14.4 Å². The van der Waals surface area contributed by atoms with Crippen molar-refractivity contribution in [3.8, 4) is 5.88 Å². The Kier molecular flexibility index (Phi) is 5.55. The lowest BCUT2D eigenvalue weighted by molar-refractivity contribution is 0.201. The van der Waals surface area contributed by atoms with Crippen LogP contribution in [0.4, 0.5) is 5.82 Å². The van der Waals surface area contributed by atoms with Crippen LogP contribution in [0.15, 0.2) is 18.2 Å². The molecule has 0 aliphatic heterocycles. The van der Waals surface area contributed by atoms with Crippen LogP contribution in [0.2, 0.25) is 0 Å². The zero-order valence-electron chi connectivity index (χ0n) is 9.81. The highest BCUT2D eigenvalue weighted by Crippen LogP contribution is 2.15. The smallest absolute Gasteiger partial charge is 0.214 e. The second-order valence-electron chi connectivity index (χ2n) is 3.47. The molecule has 0 saturated carbocycles. The van der Waals surface area contributed by atoms with E-state index in [-0.39, 0.29) is 4.83 Å². The third-order valence-electron chi connectivity index (χ3n) is 2.13. The summed E-state index contributed by atoms with van der Waals surface area (Å²) >= 11 is 3.55. The van der Waals surface area contributed by atoms with Crippen LogP contribution in [0.5, 0.6) is 5.88 Å². The highest BCUT2D eigenvalue weighted by molar-refractivity contribution is 9.09. The summed E-state index contributed by atoms with van der Waals surface area (Å²) in [6, 6.07) is 5.71. The van der Waals surface area contributed by atoms with Crippen LogP contribution in [-0.2, 0) is 4.74 Å². The zero-order chi connectivity index (χ0) is 12.0. The van der Waals surface area contributed by atoms with Crippen molar-refractivity contribution in [2.24, 2.45) is 0 Å². The summed E-state index contributed by atoms with van der Waals surface area (Å²) in [5.74, 6) is 1.52. The lowest BCUT2D eigenvalue weighted by atomic mass is 10.4. The molecule has 0 fully saturated rings. The minimum Gasteiger partial charge on any atom is -0.481 e. The highest BCUT2D eigenvalue weighted by atomic mass is 79.9. The molecular formula is C11H17BrN2O2. The van der Waals surface area contributed by atoms with E-state index in [1.54, 1.807) is 14.2 Å². The molecule has 0 aromatic carbocycles. The van der Waals surface area contributed by atoms with Gasteiger partial charge in [0, 0.05) is 26.8 Å². The van der Waals surface area contributed by atoms with Crippen molar-refractivity contribution in [1.29, 1.82) is 0 Å². The van der Waals surface area contributed by atoms with Crippen LogP contribution in [0.25, 0.3) is 0 Å². The van der Waals surface area contributed by atoms with E-state index in [0.717, 1.165) is 12.4 Å². The Bertz CT molecular complexity index is 323. The standard InChI is InChI=1S/C11H17BrN2O2/c1-14(7-9(12)8-15-2)10-5-4-6-11(13-10)16-3/h4-6,9H,7-8H2,1-3H3. The second kappa shape index (κ2) is 6.70. The molecule has 0 bridgehead atoms. The van der Waals surface area contributed by atoms with Gasteiger partial charge in [-0.1, -0.05) is 22.0 Å². The number of methoxy groups -OCH3 is 2. The number of hydrogen-bond acceptors (Lipinski definition) is 4. The number of hydrogen-bond donors (Lipinski definition) is 0. The zero-order valence-corrected chi connectivity index (χ0v) is 11.4. The molecule has 1 atom stereocenters. The lowest BCUT2D eigenvalue weighted by Gasteiger charge is -2.21. The average molecular weight is 289 g/mol. The summed E-state index contributed by atoms with van der Waals surface area (Å²) in [5, 5.41) is 0.